The van der Waals surface area contributed by atoms with E-state index in [1.54, 1.807) is 12.1 Å². The van der Waals surface area contributed by atoms with Crippen LogP contribution in [0.25, 0.3) is 0 Å². The SMILES string of the molecule is CC1CC2C3CC(O)C4=CC(=O)C=CC4(C)C3(Cl)C(O)CC2(C)C1(OC(=O)c1ccco1)C(=O)CCl. The number of alkyl halides is 2. The molecule has 4 aliphatic carbocycles. The molecule has 1 aromatic rings. The van der Waals surface area contributed by atoms with E-state index in [1.807, 2.05) is 20.8 Å². The number of aliphatic hydroxyl groups is 2. The molecule has 7 nitrogen and oxygen atoms in total. The van der Waals surface area contributed by atoms with Gasteiger partial charge in [0.2, 0.25) is 5.76 Å². The number of hydrogen-bond acceptors (Lipinski definition) is 7. The van der Waals surface area contributed by atoms with Crippen molar-refractivity contribution >= 4 is 40.7 Å². The summed E-state index contributed by atoms with van der Waals surface area (Å²) in [7, 11) is 0. The average molecular weight is 537 g/mol. The van der Waals surface area contributed by atoms with Crippen molar-refractivity contribution in [2.45, 2.75) is 62.7 Å². The Balaban J connectivity index is 1.64. The van der Waals surface area contributed by atoms with Crippen molar-refractivity contribution in [3.63, 3.8) is 0 Å². The van der Waals surface area contributed by atoms with Crippen molar-refractivity contribution in [1.29, 1.82) is 0 Å². The highest BCUT2D eigenvalue weighted by molar-refractivity contribution is 6.29. The largest absolute Gasteiger partial charge is 0.457 e. The molecule has 5 rings (SSSR count). The number of fused-ring (bicyclic) bond motifs is 5. The van der Waals surface area contributed by atoms with Crippen molar-refractivity contribution in [2.24, 2.45) is 28.6 Å². The minimum atomic E-state index is -1.62. The van der Waals surface area contributed by atoms with Gasteiger partial charge < -0.3 is 19.4 Å². The normalized spacial score (nSPS) is 45.4. The highest BCUT2D eigenvalue weighted by Crippen LogP contribution is 2.72. The Hall–Kier alpha value is -1.93. The molecule has 0 bridgehead atoms. The van der Waals surface area contributed by atoms with Gasteiger partial charge >= 0.3 is 5.97 Å². The van der Waals surface area contributed by atoms with Crippen LogP contribution >= 0.6 is 23.2 Å². The third-order valence-electron chi connectivity index (χ3n) is 9.72. The fraction of sp³-hybridized carbons (Fsp3) is 0.593. The van der Waals surface area contributed by atoms with Gasteiger partial charge in [0.25, 0.3) is 0 Å². The number of hydrogen-bond donors (Lipinski definition) is 2. The summed E-state index contributed by atoms with van der Waals surface area (Å²) in [6.07, 6.45) is 4.52. The lowest BCUT2D eigenvalue weighted by atomic mass is 9.45. The van der Waals surface area contributed by atoms with Crippen molar-refractivity contribution in [3.8, 4) is 0 Å². The number of allylic oxidation sites excluding steroid dienone is 3. The molecule has 0 amide bonds. The van der Waals surface area contributed by atoms with Crippen molar-refractivity contribution in [1.82, 2.24) is 0 Å². The minimum absolute atomic E-state index is 0.0357. The maximum atomic E-state index is 13.6. The van der Waals surface area contributed by atoms with Crippen LogP contribution in [0.15, 0.2) is 46.6 Å². The van der Waals surface area contributed by atoms with E-state index in [2.05, 4.69) is 0 Å². The molecule has 2 N–H and O–H groups in total. The first-order chi connectivity index (χ1) is 16.9. The lowest BCUT2D eigenvalue weighted by Gasteiger charge is -2.64. The van der Waals surface area contributed by atoms with E-state index < -0.39 is 57.1 Å². The molecule has 4 aliphatic rings. The zero-order valence-corrected chi connectivity index (χ0v) is 21.9. The summed E-state index contributed by atoms with van der Waals surface area (Å²) in [6, 6.07) is 3.02. The first-order valence-electron chi connectivity index (χ1n) is 12.2. The summed E-state index contributed by atoms with van der Waals surface area (Å²) in [5.41, 5.74) is -3.14. The third kappa shape index (κ3) is 3.03. The maximum Gasteiger partial charge on any atom is 0.375 e. The van der Waals surface area contributed by atoms with Crippen LogP contribution in [-0.4, -0.2) is 56.3 Å². The number of furan rings is 1. The van der Waals surface area contributed by atoms with Gasteiger partial charge in [-0.2, -0.15) is 0 Å². The van der Waals surface area contributed by atoms with Gasteiger partial charge in [0.05, 0.1) is 29.2 Å². The third-order valence-corrected chi connectivity index (χ3v) is 10.9. The molecule has 36 heavy (non-hydrogen) atoms. The molecular weight excluding hydrogens is 507 g/mol. The van der Waals surface area contributed by atoms with Gasteiger partial charge in [-0.25, -0.2) is 4.79 Å². The Labute approximate surface area is 219 Å². The van der Waals surface area contributed by atoms with Crippen LogP contribution in [0.3, 0.4) is 0 Å². The smallest absolute Gasteiger partial charge is 0.375 e. The van der Waals surface area contributed by atoms with Crippen LogP contribution in [0.4, 0.5) is 0 Å². The summed E-state index contributed by atoms with van der Waals surface area (Å²) < 4.78 is 11.3. The predicted molar refractivity (Wildman–Crippen MR) is 132 cm³/mol. The zero-order chi connectivity index (χ0) is 26.3. The highest BCUT2D eigenvalue weighted by atomic mass is 35.5. The van der Waals surface area contributed by atoms with E-state index in [9.17, 15) is 24.6 Å². The summed E-state index contributed by atoms with van der Waals surface area (Å²) in [5, 5.41) is 22.9. The summed E-state index contributed by atoms with van der Waals surface area (Å²) in [5.74, 6) is -3.03. The number of carbonyl (C=O) groups is 3. The first-order valence-corrected chi connectivity index (χ1v) is 13.1. The van der Waals surface area contributed by atoms with Crippen molar-refractivity contribution in [2.75, 3.05) is 5.88 Å². The van der Waals surface area contributed by atoms with E-state index in [0.717, 1.165) is 0 Å². The van der Waals surface area contributed by atoms with Gasteiger partial charge in [-0.15, -0.1) is 23.2 Å². The summed E-state index contributed by atoms with van der Waals surface area (Å²) in [6.45, 7) is 5.53. The molecule has 0 spiro atoms. The van der Waals surface area contributed by atoms with E-state index in [4.69, 9.17) is 32.4 Å². The Morgan fingerprint density at radius 1 is 1.22 bits per heavy atom. The van der Waals surface area contributed by atoms with E-state index >= 15 is 0 Å². The fourth-order valence-corrected chi connectivity index (χ4v) is 8.82. The van der Waals surface area contributed by atoms with Crippen LogP contribution in [-0.2, 0) is 14.3 Å². The molecular formula is C27H30Cl2O7. The van der Waals surface area contributed by atoms with Crippen LogP contribution in [0.1, 0.15) is 50.6 Å². The topological polar surface area (TPSA) is 114 Å². The van der Waals surface area contributed by atoms with E-state index in [-0.39, 0.29) is 36.2 Å². The van der Waals surface area contributed by atoms with Crippen LogP contribution in [0.2, 0.25) is 0 Å². The van der Waals surface area contributed by atoms with Crippen LogP contribution in [0, 0.1) is 28.6 Å². The Kier molecular flexibility index (Phi) is 5.92. The number of aliphatic hydroxyl groups excluding tert-OH is 2. The zero-order valence-electron chi connectivity index (χ0n) is 20.4. The second-order valence-electron chi connectivity index (χ2n) is 11.2. The average Bonchev–Trinajstić information content (AvgIpc) is 3.44. The maximum absolute atomic E-state index is 13.6. The molecule has 9 heteroatoms. The number of ketones is 2. The molecule has 9 atom stereocenters. The molecule has 9 unspecified atom stereocenters. The van der Waals surface area contributed by atoms with Crippen LogP contribution in [0.5, 0.6) is 0 Å². The van der Waals surface area contributed by atoms with Crippen molar-refractivity contribution in [3.05, 3.63) is 48.0 Å². The molecule has 1 heterocycles. The molecule has 0 radical (unpaired) electrons. The Morgan fingerprint density at radius 2 is 1.94 bits per heavy atom. The van der Waals surface area contributed by atoms with Gasteiger partial charge in [0, 0.05) is 16.7 Å². The Morgan fingerprint density at radius 3 is 2.58 bits per heavy atom. The van der Waals surface area contributed by atoms with Gasteiger partial charge in [-0.3, -0.25) is 9.59 Å². The lowest BCUT2D eigenvalue weighted by Crippen LogP contribution is -2.70. The van der Waals surface area contributed by atoms with Gasteiger partial charge in [-0.05, 0) is 61.0 Å². The van der Waals surface area contributed by atoms with Crippen molar-refractivity contribution < 1.29 is 33.8 Å². The molecule has 0 aliphatic heterocycles. The quantitative estimate of drug-likeness (QED) is 0.443. The molecule has 0 aromatic carbocycles. The summed E-state index contributed by atoms with van der Waals surface area (Å²) >= 11 is 13.5. The number of ether oxygens (including phenoxy) is 1. The number of Topliss-reactive ketones (excluding diaryl/α,β-unsaturated/α-hetero) is 1. The molecule has 1 aromatic heterocycles. The highest BCUT2D eigenvalue weighted by Gasteiger charge is 2.77. The second-order valence-corrected chi connectivity index (χ2v) is 12.1. The first kappa shape index (κ1) is 25.7. The predicted octanol–water partition coefficient (Wildman–Crippen LogP) is 3.84. The molecule has 3 fully saturated rings. The number of halogens is 2. The Bertz CT molecular complexity index is 1170. The van der Waals surface area contributed by atoms with Gasteiger partial charge in [0.15, 0.2) is 17.2 Å². The van der Waals surface area contributed by atoms with Crippen LogP contribution < -0.4 is 0 Å². The number of esters is 1. The minimum Gasteiger partial charge on any atom is -0.457 e. The lowest BCUT2D eigenvalue weighted by molar-refractivity contribution is -0.180. The summed E-state index contributed by atoms with van der Waals surface area (Å²) in [4.78, 5) is 37.6. The van der Waals surface area contributed by atoms with Gasteiger partial charge in [0.1, 0.15) is 0 Å². The molecule has 194 valence electrons. The standard InChI is InChI=1S/C27H30Cl2O7/c1-14-9-16-17-11-19(31)18-10-15(30)6-7-24(18,2)26(17,29)21(32)12-25(16,3)27(14,22(33)13-28)36-23(34)20-5-4-8-35-20/h4-8,10,14,16-17,19,21,31-32H,9,11-13H2,1-3H3. The van der Waals surface area contributed by atoms with Gasteiger partial charge in [-0.1, -0.05) is 26.8 Å². The second kappa shape index (κ2) is 8.29. The molecule has 3 saturated carbocycles. The van der Waals surface area contributed by atoms with E-state index in [1.165, 1.54) is 24.5 Å². The van der Waals surface area contributed by atoms with E-state index in [0.29, 0.717) is 12.0 Å². The number of rotatable bonds is 4. The molecule has 0 saturated heterocycles. The fourth-order valence-electron chi connectivity index (χ4n) is 8.13. The number of carbonyl (C=O) groups excluding carboxylic acids is 3. The monoisotopic (exact) mass is 536 g/mol.